The zero-order valence-corrected chi connectivity index (χ0v) is 11.4. The summed E-state index contributed by atoms with van der Waals surface area (Å²) in [6.45, 7) is 0.734. The van der Waals surface area contributed by atoms with Crippen LogP contribution in [0.25, 0.3) is 15.9 Å². The average Bonchev–Trinajstić information content (AvgIpc) is 3.13. The van der Waals surface area contributed by atoms with Gasteiger partial charge in [0, 0.05) is 40.4 Å². The minimum absolute atomic E-state index is 0.706. The molecular weight excluding hydrogens is 270 g/mol. The molecule has 0 aliphatic rings. The van der Waals surface area contributed by atoms with E-state index >= 15 is 0 Å². The second kappa shape index (κ2) is 4.31. The summed E-state index contributed by atoms with van der Waals surface area (Å²) in [6, 6.07) is 7.76. The lowest BCUT2D eigenvalue weighted by molar-refractivity contribution is 0.112. The van der Waals surface area contributed by atoms with Gasteiger partial charge in [-0.15, -0.1) is 11.3 Å². The van der Waals surface area contributed by atoms with Crippen LogP contribution in [-0.4, -0.2) is 20.2 Å². The lowest BCUT2D eigenvalue weighted by Crippen LogP contribution is -1.98. The summed E-state index contributed by atoms with van der Waals surface area (Å²) in [5.41, 5.74) is 2.86. The number of fused-ring (bicyclic) bond motifs is 2. The first-order chi connectivity index (χ1) is 9.83. The molecule has 0 bridgehead atoms. The van der Waals surface area contributed by atoms with Gasteiger partial charge >= 0.3 is 0 Å². The molecule has 0 amide bonds. The summed E-state index contributed by atoms with van der Waals surface area (Å²) >= 11 is 1.63. The fourth-order valence-electron chi connectivity index (χ4n) is 2.46. The Morgan fingerprint density at radius 1 is 1.25 bits per heavy atom. The monoisotopic (exact) mass is 281 g/mol. The van der Waals surface area contributed by atoms with E-state index in [0.717, 1.165) is 34.4 Å². The van der Waals surface area contributed by atoms with Gasteiger partial charge in [-0.05, 0) is 24.3 Å². The van der Waals surface area contributed by atoms with Crippen LogP contribution in [0.1, 0.15) is 16.1 Å². The molecule has 5 heteroatoms. The number of benzene rings is 1. The number of hydrogen-bond acceptors (Lipinski definition) is 3. The summed E-state index contributed by atoms with van der Waals surface area (Å²) in [5, 5.41) is 3.11. The third-order valence-corrected chi connectivity index (χ3v) is 4.18. The Kier molecular flexibility index (Phi) is 2.47. The van der Waals surface area contributed by atoms with E-state index in [-0.39, 0.29) is 0 Å². The summed E-state index contributed by atoms with van der Waals surface area (Å²) in [7, 11) is 0. The molecule has 0 atom stereocenters. The summed E-state index contributed by atoms with van der Waals surface area (Å²) in [6.07, 6.45) is 6.98. The van der Waals surface area contributed by atoms with Crippen molar-refractivity contribution in [1.82, 2.24) is 14.0 Å². The molecule has 98 valence electrons. The first-order valence-electron chi connectivity index (χ1n) is 6.29. The normalized spacial score (nSPS) is 11.4. The Bertz CT molecular complexity index is 887. The van der Waals surface area contributed by atoms with E-state index in [1.165, 1.54) is 0 Å². The second-order valence-electron chi connectivity index (χ2n) is 4.70. The molecule has 1 aromatic carbocycles. The van der Waals surface area contributed by atoms with Crippen molar-refractivity contribution in [3.8, 4) is 0 Å². The van der Waals surface area contributed by atoms with Crippen molar-refractivity contribution in [3.63, 3.8) is 0 Å². The van der Waals surface area contributed by atoms with E-state index in [0.29, 0.717) is 5.56 Å². The third-order valence-electron chi connectivity index (χ3n) is 3.41. The van der Waals surface area contributed by atoms with E-state index in [9.17, 15) is 4.79 Å². The lowest BCUT2D eigenvalue weighted by atomic mass is 10.2. The van der Waals surface area contributed by atoms with Gasteiger partial charge in [-0.1, -0.05) is 0 Å². The summed E-state index contributed by atoms with van der Waals surface area (Å²) < 4.78 is 4.19. The van der Waals surface area contributed by atoms with Gasteiger partial charge in [0.15, 0.2) is 4.96 Å². The maximum atomic E-state index is 10.8. The van der Waals surface area contributed by atoms with E-state index in [2.05, 4.69) is 15.7 Å². The largest absolute Gasteiger partial charge is 0.341 e. The van der Waals surface area contributed by atoms with E-state index in [1.54, 1.807) is 11.3 Å². The van der Waals surface area contributed by atoms with Crippen molar-refractivity contribution >= 4 is 33.5 Å². The highest BCUT2D eigenvalue weighted by Gasteiger charge is 2.06. The Hall–Kier alpha value is -2.40. The molecule has 0 aliphatic heterocycles. The Morgan fingerprint density at radius 2 is 2.20 bits per heavy atom. The Morgan fingerprint density at radius 3 is 3.05 bits per heavy atom. The Labute approximate surface area is 118 Å². The first kappa shape index (κ1) is 11.4. The van der Waals surface area contributed by atoms with Crippen LogP contribution in [0.2, 0.25) is 0 Å². The molecule has 0 aliphatic carbocycles. The smallest absolute Gasteiger partial charge is 0.193 e. The number of rotatable bonds is 3. The van der Waals surface area contributed by atoms with Gasteiger partial charge in [-0.25, -0.2) is 4.98 Å². The minimum Gasteiger partial charge on any atom is -0.341 e. The van der Waals surface area contributed by atoms with Gasteiger partial charge in [-0.2, -0.15) is 0 Å². The van der Waals surface area contributed by atoms with E-state index in [4.69, 9.17) is 0 Å². The number of aromatic nitrogens is 3. The van der Waals surface area contributed by atoms with Crippen molar-refractivity contribution in [3.05, 3.63) is 59.5 Å². The number of carbonyl (C=O) groups excluding carboxylic acids is 1. The maximum Gasteiger partial charge on any atom is 0.193 e. The van der Waals surface area contributed by atoms with Crippen LogP contribution in [-0.2, 0) is 6.54 Å². The molecule has 4 nitrogen and oxygen atoms in total. The predicted molar refractivity (Wildman–Crippen MR) is 79.5 cm³/mol. The van der Waals surface area contributed by atoms with Crippen molar-refractivity contribution in [1.29, 1.82) is 0 Å². The molecule has 20 heavy (non-hydrogen) atoms. The molecule has 3 heterocycles. The van der Waals surface area contributed by atoms with Gasteiger partial charge in [0.2, 0.25) is 0 Å². The number of imidazole rings is 1. The predicted octanol–water partition coefficient (Wildman–Crippen LogP) is 3.21. The quantitative estimate of drug-likeness (QED) is 0.541. The fraction of sp³-hybridized carbons (Fsp3) is 0.0667. The Balaban J connectivity index is 1.74. The third kappa shape index (κ3) is 1.75. The molecule has 0 spiro atoms. The SMILES string of the molecule is O=Cc1ccc2c(ccn2Cc2cn3ccsc3n2)c1. The van der Waals surface area contributed by atoms with Crippen LogP contribution in [0.3, 0.4) is 0 Å². The summed E-state index contributed by atoms with van der Waals surface area (Å²) in [4.78, 5) is 16.4. The van der Waals surface area contributed by atoms with Gasteiger partial charge in [0.25, 0.3) is 0 Å². The first-order valence-corrected chi connectivity index (χ1v) is 7.16. The van der Waals surface area contributed by atoms with Crippen molar-refractivity contribution in [2.45, 2.75) is 6.54 Å². The van der Waals surface area contributed by atoms with Gasteiger partial charge in [0.1, 0.15) is 6.29 Å². The van der Waals surface area contributed by atoms with Crippen molar-refractivity contribution in [2.24, 2.45) is 0 Å². The maximum absolute atomic E-state index is 10.8. The van der Waals surface area contributed by atoms with Crippen LogP contribution in [0.5, 0.6) is 0 Å². The minimum atomic E-state index is 0.706. The topological polar surface area (TPSA) is 39.3 Å². The molecule has 0 saturated heterocycles. The van der Waals surface area contributed by atoms with Crippen LogP contribution < -0.4 is 0 Å². The second-order valence-corrected chi connectivity index (χ2v) is 5.58. The van der Waals surface area contributed by atoms with Gasteiger partial charge in [-0.3, -0.25) is 9.20 Å². The number of aldehydes is 1. The highest BCUT2D eigenvalue weighted by molar-refractivity contribution is 7.15. The number of hydrogen-bond donors (Lipinski definition) is 0. The van der Waals surface area contributed by atoms with Gasteiger partial charge in [0.05, 0.1) is 12.2 Å². The zero-order valence-electron chi connectivity index (χ0n) is 10.6. The highest BCUT2D eigenvalue weighted by atomic mass is 32.1. The lowest BCUT2D eigenvalue weighted by Gasteiger charge is -2.02. The van der Waals surface area contributed by atoms with Gasteiger partial charge < -0.3 is 4.57 Å². The summed E-state index contributed by atoms with van der Waals surface area (Å²) in [5.74, 6) is 0. The number of carbonyl (C=O) groups is 1. The van der Waals surface area contributed by atoms with E-state index in [1.807, 2.05) is 46.4 Å². The number of thiazole rings is 1. The molecule has 4 aromatic rings. The highest BCUT2D eigenvalue weighted by Crippen LogP contribution is 2.19. The van der Waals surface area contributed by atoms with Crippen LogP contribution in [0, 0.1) is 0 Å². The molecular formula is C15H11N3OS. The molecule has 0 unspecified atom stereocenters. The van der Waals surface area contributed by atoms with Crippen LogP contribution in [0.4, 0.5) is 0 Å². The standard InChI is InChI=1S/C15H11N3OS/c19-10-11-1-2-14-12(7-11)3-4-17(14)8-13-9-18-5-6-20-15(18)16-13/h1-7,9-10H,8H2. The average molecular weight is 281 g/mol. The van der Waals surface area contributed by atoms with Crippen molar-refractivity contribution in [2.75, 3.05) is 0 Å². The molecule has 0 fully saturated rings. The molecule has 4 rings (SSSR count). The van der Waals surface area contributed by atoms with E-state index < -0.39 is 0 Å². The molecule has 0 saturated carbocycles. The molecule has 3 aromatic heterocycles. The van der Waals surface area contributed by atoms with Crippen LogP contribution in [0.15, 0.2) is 48.2 Å². The fourth-order valence-corrected chi connectivity index (χ4v) is 3.18. The molecule has 0 N–H and O–H groups in total. The van der Waals surface area contributed by atoms with Crippen molar-refractivity contribution < 1.29 is 4.79 Å². The zero-order chi connectivity index (χ0) is 13.5. The van der Waals surface area contributed by atoms with Crippen LogP contribution >= 0.6 is 11.3 Å². The molecule has 0 radical (unpaired) electrons. The number of nitrogens with zero attached hydrogens (tertiary/aromatic N) is 3.